The zero-order valence-corrected chi connectivity index (χ0v) is 14.1. The van der Waals surface area contributed by atoms with Crippen molar-refractivity contribution >= 4 is 24.3 Å². The number of carbonyl (C=O) groups is 2. The Morgan fingerprint density at radius 3 is 2.41 bits per heavy atom. The molecule has 5 nitrogen and oxygen atoms in total. The summed E-state index contributed by atoms with van der Waals surface area (Å²) in [7, 11) is 1.31. The third-order valence-corrected chi connectivity index (χ3v) is 3.36. The van der Waals surface area contributed by atoms with Crippen molar-refractivity contribution in [2.75, 3.05) is 7.11 Å². The number of nitrogens with one attached hydrogen (secondary N) is 1. The van der Waals surface area contributed by atoms with Crippen LogP contribution in [0.1, 0.15) is 32.3 Å². The highest BCUT2D eigenvalue weighted by Crippen LogP contribution is 2.11. The Bertz CT molecular complexity index is 478. The lowest BCUT2D eigenvalue weighted by Crippen LogP contribution is -2.56. The molecule has 0 aliphatic heterocycles. The zero-order valence-electron chi connectivity index (χ0n) is 13.3. The lowest BCUT2D eigenvalue weighted by atomic mass is 9.95. The topological polar surface area (TPSA) is 81.4 Å². The lowest BCUT2D eigenvalue weighted by molar-refractivity contribution is -0.145. The summed E-state index contributed by atoms with van der Waals surface area (Å²) in [5.74, 6) is -0.810. The van der Waals surface area contributed by atoms with Crippen molar-refractivity contribution in [3.8, 4) is 0 Å². The molecule has 2 unspecified atom stereocenters. The molecule has 0 saturated heterocycles. The van der Waals surface area contributed by atoms with E-state index in [0.717, 1.165) is 12.0 Å². The number of benzene rings is 1. The van der Waals surface area contributed by atoms with Gasteiger partial charge in [-0.3, -0.25) is 4.79 Å². The Kier molecular flexibility index (Phi) is 8.75. The summed E-state index contributed by atoms with van der Waals surface area (Å²) in [4.78, 5) is 24.1. The number of halogens is 1. The van der Waals surface area contributed by atoms with Crippen LogP contribution in [0.25, 0.3) is 0 Å². The van der Waals surface area contributed by atoms with E-state index < -0.39 is 17.6 Å². The molecule has 0 heterocycles. The summed E-state index contributed by atoms with van der Waals surface area (Å²) in [6.07, 6.45) is 1.72. The Balaban J connectivity index is 0.00000441. The van der Waals surface area contributed by atoms with Crippen LogP contribution in [-0.4, -0.2) is 30.6 Å². The van der Waals surface area contributed by atoms with Gasteiger partial charge in [-0.1, -0.05) is 43.7 Å². The minimum atomic E-state index is -0.988. The highest BCUT2D eigenvalue weighted by Gasteiger charge is 2.31. The first-order valence-corrected chi connectivity index (χ1v) is 7.12. The zero-order chi connectivity index (χ0) is 15.9. The molecule has 0 aromatic heterocycles. The van der Waals surface area contributed by atoms with Crippen LogP contribution in [0, 0.1) is 0 Å². The van der Waals surface area contributed by atoms with E-state index in [2.05, 4.69) is 5.32 Å². The Hall–Kier alpha value is -1.59. The highest BCUT2D eigenvalue weighted by molar-refractivity contribution is 5.90. The van der Waals surface area contributed by atoms with E-state index in [1.54, 1.807) is 6.92 Å². The minimum absolute atomic E-state index is 0. The molecular weight excluding hydrogens is 304 g/mol. The number of nitrogens with two attached hydrogens (primary N) is 1. The number of amides is 1. The fourth-order valence-electron chi connectivity index (χ4n) is 2.14. The van der Waals surface area contributed by atoms with E-state index in [1.807, 2.05) is 37.3 Å². The molecule has 0 aliphatic rings. The number of ether oxygens (including phenoxy) is 1. The molecule has 0 aliphatic carbocycles. The van der Waals surface area contributed by atoms with Crippen molar-refractivity contribution in [2.24, 2.45) is 5.73 Å². The van der Waals surface area contributed by atoms with Gasteiger partial charge in [0, 0.05) is 6.42 Å². The number of esters is 1. The van der Waals surface area contributed by atoms with Crippen molar-refractivity contribution in [1.29, 1.82) is 0 Å². The maximum absolute atomic E-state index is 12.2. The van der Waals surface area contributed by atoms with Crippen LogP contribution >= 0.6 is 12.4 Å². The van der Waals surface area contributed by atoms with Crippen molar-refractivity contribution in [3.63, 3.8) is 0 Å². The maximum Gasteiger partial charge on any atom is 0.328 e. The summed E-state index contributed by atoms with van der Waals surface area (Å²) >= 11 is 0. The summed E-state index contributed by atoms with van der Waals surface area (Å²) in [5, 5.41) is 2.70. The number of carbonyl (C=O) groups excluding carboxylic acids is 2. The van der Waals surface area contributed by atoms with Crippen molar-refractivity contribution in [2.45, 2.75) is 44.7 Å². The molecule has 22 heavy (non-hydrogen) atoms. The second-order valence-electron chi connectivity index (χ2n) is 5.41. The van der Waals surface area contributed by atoms with E-state index in [1.165, 1.54) is 7.11 Å². The summed E-state index contributed by atoms with van der Waals surface area (Å²) in [5.41, 5.74) is 5.95. The van der Waals surface area contributed by atoms with Crippen molar-refractivity contribution in [1.82, 2.24) is 5.32 Å². The van der Waals surface area contributed by atoms with Gasteiger partial charge in [-0.05, 0) is 18.9 Å². The molecule has 0 fully saturated rings. The predicted molar refractivity (Wildman–Crippen MR) is 88.8 cm³/mol. The van der Waals surface area contributed by atoms with Gasteiger partial charge in [0.15, 0.2) is 0 Å². The van der Waals surface area contributed by atoms with Crippen LogP contribution < -0.4 is 11.1 Å². The van der Waals surface area contributed by atoms with E-state index in [0.29, 0.717) is 12.8 Å². The van der Waals surface area contributed by atoms with Crippen LogP contribution in [0.2, 0.25) is 0 Å². The van der Waals surface area contributed by atoms with E-state index in [4.69, 9.17) is 10.5 Å². The first kappa shape index (κ1) is 20.4. The number of methoxy groups -OCH3 is 1. The van der Waals surface area contributed by atoms with Gasteiger partial charge in [-0.15, -0.1) is 12.4 Å². The monoisotopic (exact) mass is 328 g/mol. The van der Waals surface area contributed by atoms with Gasteiger partial charge >= 0.3 is 5.97 Å². The third kappa shape index (κ3) is 6.03. The van der Waals surface area contributed by atoms with Crippen LogP contribution in [0.3, 0.4) is 0 Å². The molecule has 0 saturated carbocycles. The van der Waals surface area contributed by atoms with Gasteiger partial charge in [0.2, 0.25) is 5.91 Å². The Labute approximate surface area is 138 Å². The minimum Gasteiger partial charge on any atom is -0.467 e. The normalized spacial score (nSPS) is 14.2. The standard InChI is InChI=1S/C16H24N2O3.ClH/c1-4-10-16(2,17)15(20)18-13(14(19)21-3)11-12-8-6-5-7-9-12;/h5-9,13H,4,10-11,17H2,1-3H3,(H,18,20);1H. The Morgan fingerprint density at radius 1 is 1.32 bits per heavy atom. The quantitative estimate of drug-likeness (QED) is 0.748. The predicted octanol–water partition coefficient (Wildman–Crippen LogP) is 1.83. The molecule has 0 spiro atoms. The SMILES string of the molecule is CCCC(C)(N)C(=O)NC(Cc1ccccc1)C(=O)OC.Cl. The van der Waals surface area contributed by atoms with E-state index >= 15 is 0 Å². The molecule has 0 radical (unpaired) electrons. The molecule has 2 atom stereocenters. The van der Waals surface area contributed by atoms with Crippen molar-refractivity contribution in [3.05, 3.63) is 35.9 Å². The van der Waals surface area contributed by atoms with E-state index in [9.17, 15) is 9.59 Å². The van der Waals surface area contributed by atoms with Crippen LogP contribution in [0.15, 0.2) is 30.3 Å². The fourth-order valence-corrected chi connectivity index (χ4v) is 2.14. The highest BCUT2D eigenvalue weighted by atomic mass is 35.5. The number of hydrogen-bond acceptors (Lipinski definition) is 4. The molecule has 3 N–H and O–H groups in total. The third-order valence-electron chi connectivity index (χ3n) is 3.36. The molecule has 1 amide bonds. The smallest absolute Gasteiger partial charge is 0.328 e. The molecule has 6 heteroatoms. The first-order chi connectivity index (χ1) is 9.90. The van der Waals surface area contributed by atoms with Gasteiger partial charge in [0.25, 0.3) is 0 Å². The van der Waals surface area contributed by atoms with Crippen LogP contribution in [0.4, 0.5) is 0 Å². The van der Waals surface area contributed by atoms with Crippen molar-refractivity contribution < 1.29 is 14.3 Å². The van der Waals surface area contributed by atoms with Gasteiger partial charge in [-0.25, -0.2) is 4.79 Å². The first-order valence-electron chi connectivity index (χ1n) is 7.12. The number of hydrogen-bond donors (Lipinski definition) is 2. The van der Waals surface area contributed by atoms with Crippen LogP contribution in [0.5, 0.6) is 0 Å². The van der Waals surface area contributed by atoms with E-state index in [-0.39, 0.29) is 18.3 Å². The summed E-state index contributed by atoms with van der Waals surface area (Å²) in [6, 6.07) is 8.73. The molecule has 124 valence electrons. The van der Waals surface area contributed by atoms with Gasteiger partial charge < -0.3 is 15.8 Å². The summed E-state index contributed by atoms with van der Waals surface area (Å²) in [6.45, 7) is 3.63. The molecule has 1 aromatic rings. The molecular formula is C16H25ClN2O3. The fraction of sp³-hybridized carbons (Fsp3) is 0.500. The molecule has 1 aromatic carbocycles. The average molecular weight is 329 g/mol. The van der Waals surface area contributed by atoms with Gasteiger partial charge in [0.1, 0.15) is 6.04 Å². The average Bonchev–Trinajstić information content (AvgIpc) is 2.46. The largest absolute Gasteiger partial charge is 0.467 e. The second-order valence-corrected chi connectivity index (χ2v) is 5.41. The maximum atomic E-state index is 12.2. The lowest BCUT2D eigenvalue weighted by Gasteiger charge is -2.26. The molecule has 1 rings (SSSR count). The second kappa shape index (κ2) is 9.43. The van der Waals surface area contributed by atoms with Gasteiger partial charge in [-0.2, -0.15) is 0 Å². The Morgan fingerprint density at radius 2 is 1.91 bits per heavy atom. The summed E-state index contributed by atoms with van der Waals surface area (Å²) < 4.78 is 4.76. The molecule has 0 bridgehead atoms. The van der Waals surface area contributed by atoms with Gasteiger partial charge in [0.05, 0.1) is 12.6 Å². The number of rotatable bonds is 7. The van der Waals surface area contributed by atoms with Crippen LogP contribution in [-0.2, 0) is 20.7 Å².